The standard InChI is InChI=1S/C14H26N2O/c1-3-10-15-12-7-6-11-16(13(12)17)14(2)8-4-5-9-14/h12,15H,3-11H2,1-2H3. The first-order chi connectivity index (χ1) is 8.17. The molecule has 98 valence electrons. The van der Waals surface area contributed by atoms with Crippen molar-refractivity contribution in [2.24, 2.45) is 0 Å². The molecule has 1 saturated carbocycles. The van der Waals surface area contributed by atoms with Crippen LogP contribution >= 0.6 is 0 Å². The van der Waals surface area contributed by atoms with Crippen LogP contribution in [0.4, 0.5) is 0 Å². The van der Waals surface area contributed by atoms with Crippen LogP contribution in [0.5, 0.6) is 0 Å². The zero-order chi connectivity index (χ0) is 12.3. The molecular formula is C14H26N2O. The van der Waals surface area contributed by atoms with Crippen LogP contribution in [0.3, 0.4) is 0 Å². The minimum Gasteiger partial charge on any atom is -0.336 e. The summed E-state index contributed by atoms with van der Waals surface area (Å²) in [6, 6.07) is 0.0844. The van der Waals surface area contributed by atoms with Crippen molar-refractivity contribution < 1.29 is 4.79 Å². The van der Waals surface area contributed by atoms with E-state index in [4.69, 9.17) is 0 Å². The Hall–Kier alpha value is -0.570. The van der Waals surface area contributed by atoms with Crippen molar-refractivity contribution in [1.29, 1.82) is 0 Å². The van der Waals surface area contributed by atoms with Gasteiger partial charge in [0.05, 0.1) is 6.04 Å². The first kappa shape index (κ1) is 12.9. The van der Waals surface area contributed by atoms with Gasteiger partial charge in [0.2, 0.25) is 5.91 Å². The van der Waals surface area contributed by atoms with Gasteiger partial charge in [-0.25, -0.2) is 0 Å². The van der Waals surface area contributed by atoms with Crippen LogP contribution in [0, 0.1) is 0 Å². The molecule has 3 nitrogen and oxygen atoms in total. The van der Waals surface area contributed by atoms with Gasteiger partial charge in [0.1, 0.15) is 0 Å². The van der Waals surface area contributed by atoms with Crippen molar-refractivity contribution in [2.45, 2.75) is 70.4 Å². The normalized spacial score (nSPS) is 28.7. The number of carbonyl (C=O) groups excluding carboxylic acids is 1. The van der Waals surface area contributed by atoms with Crippen LogP contribution in [-0.2, 0) is 4.79 Å². The summed E-state index contributed by atoms with van der Waals surface area (Å²) in [4.78, 5) is 14.7. The second kappa shape index (κ2) is 5.38. The lowest BCUT2D eigenvalue weighted by Crippen LogP contribution is -2.58. The third kappa shape index (κ3) is 2.65. The fraction of sp³-hybridized carbons (Fsp3) is 0.929. The van der Waals surface area contributed by atoms with E-state index in [1.807, 2.05) is 0 Å². The fourth-order valence-corrected chi connectivity index (χ4v) is 3.33. The zero-order valence-corrected chi connectivity index (χ0v) is 11.3. The molecule has 0 aromatic rings. The first-order valence-corrected chi connectivity index (χ1v) is 7.22. The Bertz CT molecular complexity index is 271. The number of carbonyl (C=O) groups is 1. The lowest BCUT2D eigenvalue weighted by atomic mass is 9.92. The van der Waals surface area contributed by atoms with Crippen LogP contribution in [0.25, 0.3) is 0 Å². The van der Waals surface area contributed by atoms with Crippen molar-refractivity contribution in [3.8, 4) is 0 Å². The molecule has 0 radical (unpaired) electrons. The Morgan fingerprint density at radius 2 is 2.06 bits per heavy atom. The number of rotatable bonds is 4. The summed E-state index contributed by atoms with van der Waals surface area (Å²) < 4.78 is 0. The molecule has 2 aliphatic rings. The van der Waals surface area contributed by atoms with Gasteiger partial charge >= 0.3 is 0 Å². The predicted octanol–water partition coefficient (Wildman–Crippen LogP) is 2.31. The van der Waals surface area contributed by atoms with E-state index in [0.29, 0.717) is 5.91 Å². The molecule has 1 aliphatic carbocycles. The van der Waals surface area contributed by atoms with E-state index in [-0.39, 0.29) is 11.6 Å². The lowest BCUT2D eigenvalue weighted by Gasteiger charge is -2.43. The number of likely N-dealkylation sites (tertiary alicyclic amines) is 1. The van der Waals surface area contributed by atoms with E-state index in [9.17, 15) is 4.79 Å². The largest absolute Gasteiger partial charge is 0.336 e. The molecule has 1 aliphatic heterocycles. The SMILES string of the molecule is CCCNC1CCCN(C2(C)CCCC2)C1=O. The Balaban J connectivity index is 2.00. The third-order valence-corrected chi connectivity index (χ3v) is 4.41. The van der Waals surface area contributed by atoms with Gasteiger partial charge in [0.25, 0.3) is 0 Å². The fourth-order valence-electron chi connectivity index (χ4n) is 3.33. The van der Waals surface area contributed by atoms with Gasteiger partial charge in [-0.3, -0.25) is 4.79 Å². The molecule has 2 rings (SSSR count). The second-order valence-corrected chi connectivity index (χ2v) is 5.84. The van der Waals surface area contributed by atoms with Crippen molar-refractivity contribution in [3.05, 3.63) is 0 Å². The topological polar surface area (TPSA) is 32.3 Å². The van der Waals surface area contributed by atoms with Gasteiger partial charge in [-0.2, -0.15) is 0 Å². The summed E-state index contributed by atoms with van der Waals surface area (Å²) in [7, 11) is 0. The average Bonchev–Trinajstić information content (AvgIpc) is 2.76. The molecule has 1 saturated heterocycles. The highest BCUT2D eigenvalue weighted by Crippen LogP contribution is 2.36. The highest BCUT2D eigenvalue weighted by atomic mass is 16.2. The molecule has 1 amide bonds. The maximum absolute atomic E-state index is 12.5. The average molecular weight is 238 g/mol. The van der Waals surface area contributed by atoms with Crippen LogP contribution < -0.4 is 5.32 Å². The molecule has 3 heteroatoms. The molecular weight excluding hydrogens is 212 g/mol. The van der Waals surface area contributed by atoms with Gasteiger partial charge in [-0.15, -0.1) is 0 Å². The van der Waals surface area contributed by atoms with Crippen LogP contribution in [0.2, 0.25) is 0 Å². The van der Waals surface area contributed by atoms with Gasteiger partial charge in [-0.1, -0.05) is 19.8 Å². The number of hydrogen-bond donors (Lipinski definition) is 1. The molecule has 0 spiro atoms. The molecule has 0 bridgehead atoms. The van der Waals surface area contributed by atoms with Gasteiger partial charge in [0, 0.05) is 12.1 Å². The van der Waals surface area contributed by atoms with Crippen molar-refractivity contribution in [3.63, 3.8) is 0 Å². The van der Waals surface area contributed by atoms with Crippen molar-refractivity contribution in [2.75, 3.05) is 13.1 Å². The van der Waals surface area contributed by atoms with Gasteiger partial charge in [-0.05, 0) is 45.6 Å². The summed E-state index contributed by atoms with van der Waals surface area (Å²) in [6.07, 6.45) is 8.23. The van der Waals surface area contributed by atoms with E-state index >= 15 is 0 Å². The number of nitrogens with zero attached hydrogens (tertiary/aromatic N) is 1. The van der Waals surface area contributed by atoms with Crippen LogP contribution in [0.1, 0.15) is 58.8 Å². The first-order valence-electron chi connectivity index (χ1n) is 7.22. The third-order valence-electron chi connectivity index (χ3n) is 4.41. The quantitative estimate of drug-likeness (QED) is 0.815. The van der Waals surface area contributed by atoms with Crippen molar-refractivity contribution in [1.82, 2.24) is 10.2 Å². The summed E-state index contributed by atoms with van der Waals surface area (Å²) in [5, 5.41) is 3.40. The van der Waals surface area contributed by atoms with Gasteiger partial charge < -0.3 is 10.2 Å². The van der Waals surface area contributed by atoms with E-state index < -0.39 is 0 Å². The Kier molecular flexibility index (Phi) is 4.08. The van der Waals surface area contributed by atoms with Gasteiger partial charge in [0.15, 0.2) is 0 Å². The molecule has 0 aromatic carbocycles. The molecule has 2 fully saturated rings. The minimum absolute atomic E-state index is 0.0844. The monoisotopic (exact) mass is 238 g/mol. The molecule has 1 N–H and O–H groups in total. The van der Waals surface area contributed by atoms with Crippen LogP contribution in [-0.4, -0.2) is 35.5 Å². The van der Waals surface area contributed by atoms with E-state index in [1.165, 1.54) is 25.7 Å². The minimum atomic E-state index is 0.0844. The highest BCUT2D eigenvalue weighted by Gasteiger charge is 2.41. The van der Waals surface area contributed by atoms with E-state index in [0.717, 1.165) is 32.4 Å². The smallest absolute Gasteiger partial charge is 0.240 e. The molecule has 1 atom stereocenters. The Morgan fingerprint density at radius 3 is 2.71 bits per heavy atom. The highest BCUT2D eigenvalue weighted by molar-refractivity contribution is 5.83. The second-order valence-electron chi connectivity index (χ2n) is 5.84. The molecule has 17 heavy (non-hydrogen) atoms. The zero-order valence-electron chi connectivity index (χ0n) is 11.3. The number of hydrogen-bond acceptors (Lipinski definition) is 2. The molecule has 1 heterocycles. The molecule has 1 unspecified atom stereocenters. The lowest BCUT2D eigenvalue weighted by molar-refractivity contribution is -0.142. The number of nitrogens with one attached hydrogen (secondary N) is 1. The maximum atomic E-state index is 12.5. The van der Waals surface area contributed by atoms with E-state index in [2.05, 4.69) is 24.1 Å². The molecule has 0 aromatic heterocycles. The van der Waals surface area contributed by atoms with Crippen molar-refractivity contribution >= 4 is 5.91 Å². The van der Waals surface area contributed by atoms with Crippen LogP contribution in [0.15, 0.2) is 0 Å². The number of piperidine rings is 1. The summed E-state index contributed by atoms with van der Waals surface area (Å²) in [5.41, 5.74) is 0.156. The number of amides is 1. The Labute approximate surface area is 105 Å². The summed E-state index contributed by atoms with van der Waals surface area (Å²) in [5.74, 6) is 0.356. The summed E-state index contributed by atoms with van der Waals surface area (Å²) in [6.45, 7) is 6.36. The predicted molar refractivity (Wildman–Crippen MR) is 69.9 cm³/mol. The summed E-state index contributed by atoms with van der Waals surface area (Å²) >= 11 is 0. The maximum Gasteiger partial charge on any atom is 0.240 e. The van der Waals surface area contributed by atoms with E-state index in [1.54, 1.807) is 0 Å². The Morgan fingerprint density at radius 1 is 1.35 bits per heavy atom.